The van der Waals surface area contributed by atoms with Crippen LogP contribution in [0.4, 0.5) is 5.69 Å². The second kappa shape index (κ2) is 3.18. The van der Waals surface area contributed by atoms with Gasteiger partial charge >= 0.3 is 0 Å². The Morgan fingerprint density at radius 3 is 2.53 bits per heavy atom. The van der Waals surface area contributed by atoms with Gasteiger partial charge in [-0.2, -0.15) is 0 Å². The van der Waals surface area contributed by atoms with Gasteiger partial charge in [0.15, 0.2) is 0 Å². The summed E-state index contributed by atoms with van der Waals surface area (Å²) in [6, 6.07) is 6.31. The van der Waals surface area contributed by atoms with Crippen LogP contribution in [0.25, 0.3) is 0 Å². The monoisotopic (exact) mass is 221 g/mol. The molecular formula is C13H19NS. The minimum atomic E-state index is 0.262. The normalized spacial score (nSPS) is 22.1. The third-order valence-corrected chi connectivity index (χ3v) is 4.24. The molecular weight excluding hydrogens is 202 g/mol. The first-order valence-corrected chi connectivity index (χ1v) is 6.21. The van der Waals surface area contributed by atoms with Crippen LogP contribution in [0.5, 0.6) is 0 Å². The summed E-state index contributed by atoms with van der Waals surface area (Å²) in [5.41, 5.74) is 8.42. The fraction of sp³-hybridized carbons (Fsp3) is 0.538. The van der Waals surface area contributed by atoms with Crippen molar-refractivity contribution < 1.29 is 0 Å². The molecule has 0 radical (unpaired) electrons. The summed E-state index contributed by atoms with van der Waals surface area (Å²) in [7, 11) is 0. The van der Waals surface area contributed by atoms with Gasteiger partial charge in [0, 0.05) is 15.3 Å². The zero-order chi connectivity index (χ0) is 11.3. The third-order valence-electron chi connectivity index (χ3n) is 2.99. The molecule has 0 bridgehead atoms. The van der Waals surface area contributed by atoms with E-state index < -0.39 is 0 Å². The lowest BCUT2D eigenvalue weighted by atomic mass is 9.77. The second-order valence-corrected chi connectivity index (χ2v) is 7.43. The fourth-order valence-corrected chi connectivity index (χ4v) is 4.35. The van der Waals surface area contributed by atoms with Gasteiger partial charge in [-0.1, -0.05) is 33.8 Å². The topological polar surface area (TPSA) is 26.0 Å². The predicted molar refractivity (Wildman–Crippen MR) is 68.4 cm³/mol. The van der Waals surface area contributed by atoms with E-state index in [-0.39, 0.29) is 5.41 Å². The highest BCUT2D eigenvalue weighted by molar-refractivity contribution is 8.00. The smallest absolute Gasteiger partial charge is 0.0325 e. The van der Waals surface area contributed by atoms with E-state index >= 15 is 0 Å². The van der Waals surface area contributed by atoms with Crippen LogP contribution >= 0.6 is 11.8 Å². The van der Waals surface area contributed by atoms with E-state index in [1.807, 2.05) is 17.8 Å². The van der Waals surface area contributed by atoms with Crippen molar-refractivity contribution in [3.63, 3.8) is 0 Å². The van der Waals surface area contributed by atoms with Crippen LogP contribution in [-0.4, -0.2) is 4.75 Å². The van der Waals surface area contributed by atoms with Gasteiger partial charge in [-0.25, -0.2) is 0 Å². The molecule has 0 spiro atoms. The van der Waals surface area contributed by atoms with Crippen molar-refractivity contribution in [2.45, 2.75) is 49.2 Å². The van der Waals surface area contributed by atoms with Gasteiger partial charge in [-0.3, -0.25) is 0 Å². The third kappa shape index (κ3) is 2.00. The number of rotatable bonds is 0. The first-order valence-electron chi connectivity index (χ1n) is 5.39. The van der Waals surface area contributed by atoms with Crippen LogP contribution in [-0.2, 0) is 5.41 Å². The molecule has 1 aliphatic rings. The van der Waals surface area contributed by atoms with Gasteiger partial charge in [0.1, 0.15) is 0 Å². The molecule has 0 aliphatic carbocycles. The van der Waals surface area contributed by atoms with Crippen LogP contribution in [0.2, 0.25) is 0 Å². The Morgan fingerprint density at radius 1 is 1.20 bits per heavy atom. The summed E-state index contributed by atoms with van der Waals surface area (Å²) >= 11 is 1.95. The summed E-state index contributed by atoms with van der Waals surface area (Å²) in [6.07, 6.45) is 1.21. The molecule has 1 heterocycles. The predicted octanol–water partition coefficient (Wildman–Crippen LogP) is 3.82. The summed E-state index contributed by atoms with van der Waals surface area (Å²) < 4.78 is 0.310. The van der Waals surface area contributed by atoms with Crippen molar-refractivity contribution >= 4 is 17.4 Å². The lowest BCUT2D eigenvalue weighted by Gasteiger charge is -2.41. The Kier molecular flexibility index (Phi) is 2.30. The molecule has 0 fully saturated rings. The summed E-state index contributed by atoms with van der Waals surface area (Å²) in [4.78, 5) is 1.36. The summed E-state index contributed by atoms with van der Waals surface area (Å²) in [6.45, 7) is 9.27. The largest absolute Gasteiger partial charge is 0.399 e. The van der Waals surface area contributed by atoms with Crippen molar-refractivity contribution in [1.82, 2.24) is 0 Å². The van der Waals surface area contributed by atoms with Gasteiger partial charge in [0.25, 0.3) is 0 Å². The maximum atomic E-state index is 5.85. The molecule has 1 aliphatic heterocycles. The fourth-order valence-electron chi connectivity index (χ4n) is 2.68. The van der Waals surface area contributed by atoms with E-state index in [1.54, 1.807) is 0 Å². The van der Waals surface area contributed by atoms with Gasteiger partial charge in [0.2, 0.25) is 0 Å². The van der Waals surface area contributed by atoms with E-state index in [9.17, 15) is 0 Å². The standard InChI is InChI=1S/C13H19NS/c1-12(2)8-13(3,4)15-11-7-9(14)5-6-10(11)12/h5-7H,8,14H2,1-4H3. The molecule has 2 rings (SSSR count). The quantitative estimate of drug-likeness (QED) is 0.674. The molecule has 0 unspecified atom stereocenters. The van der Waals surface area contributed by atoms with Crippen LogP contribution in [0.3, 0.4) is 0 Å². The molecule has 1 nitrogen and oxygen atoms in total. The number of thioether (sulfide) groups is 1. The molecule has 0 aromatic heterocycles. The van der Waals surface area contributed by atoms with Crippen molar-refractivity contribution in [2.24, 2.45) is 0 Å². The Labute approximate surface area is 96.4 Å². The Balaban J connectivity index is 2.55. The lowest BCUT2D eigenvalue weighted by molar-refractivity contribution is 0.408. The van der Waals surface area contributed by atoms with Crippen molar-refractivity contribution in [2.75, 3.05) is 5.73 Å². The molecule has 2 heteroatoms. The highest BCUT2D eigenvalue weighted by Crippen LogP contribution is 2.51. The van der Waals surface area contributed by atoms with Gasteiger partial charge in [0.05, 0.1) is 0 Å². The Bertz CT molecular complexity index is 394. The van der Waals surface area contributed by atoms with Crippen LogP contribution in [0.1, 0.15) is 39.7 Å². The van der Waals surface area contributed by atoms with E-state index in [2.05, 4.69) is 39.8 Å². The summed E-state index contributed by atoms with van der Waals surface area (Å²) in [5.74, 6) is 0. The van der Waals surface area contributed by atoms with E-state index in [4.69, 9.17) is 5.73 Å². The SMILES string of the molecule is CC1(C)CC(C)(C)c2ccc(N)cc2S1. The van der Waals surface area contributed by atoms with Crippen molar-refractivity contribution in [3.05, 3.63) is 23.8 Å². The molecule has 0 saturated heterocycles. The maximum absolute atomic E-state index is 5.85. The average Bonchev–Trinajstić information content (AvgIpc) is 1.97. The number of benzene rings is 1. The molecule has 0 atom stereocenters. The lowest BCUT2D eigenvalue weighted by Crippen LogP contribution is -2.33. The number of nitrogen functional groups attached to an aromatic ring is 1. The minimum absolute atomic E-state index is 0.262. The van der Waals surface area contributed by atoms with Gasteiger partial charge in [-0.05, 0) is 29.5 Å². The number of hydrogen-bond acceptors (Lipinski definition) is 2. The number of anilines is 1. The van der Waals surface area contributed by atoms with E-state index in [1.165, 1.54) is 16.9 Å². The molecule has 0 saturated carbocycles. The molecule has 15 heavy (non-hydrogen) atoms. The molecule has 82 valence electrons. The number of hydrogen-bond donors (Lipinski definition) is 1. The highest BCUT2D eigenvalue weighted by Gasteiger charge is 2.37. The zero-order valence-corrected chi connectivity index (χ0v) is 10.7. The van der Waals surface area contributed by atoms with Crippen molar-refractivity contribution in [1.29, 1.82) is 0 Å². The summed E-state index contributed by atoms with van der Waals surface area (Å²) in [5, 5.41) is 0. The average molecular weight is 221 g/mol. The van der Waals surface area contributed by atoms with E-state index in [0.29, 0.717) is 4.75 Å². The van der Waals surface area contributed by atoms with Crippen LogP contribution < -0.4 is 5.73 Å². The Morgan fingerprint density at radius 2 is 1.87 bits per heavy atom. The van der Waals surface area contributed by atoms with Crippen LogP contribution in [0.15, 0.2) is 23.1 Å². The molecule has 1 aromatic carbocycles. The minimum Gasteiger partial charge on any atom is -0.399 e. The zero-order valence-electron chi connectivity index (χ0n) is 9.92. The number of fused-ring (bicyclic) bond motifs is 1. The molecule has 1 aromatic rings. The van der Waals surface area contributed by atoms with Gasteiger partial charge < -0.3 is 5.73 Å². The second-order valence-electron chi connectivity index (χ2n) is 5.68. The van der Waals surface area contributed by atoms with E-state index in [0.717, 1.165) is 5.69 Å². The highest BCUT2D eigenvalue weighted by atomic mass is 32.2. The first-order chi connectivity index (χ1) is 6.80. The first kappa shape index (κ1) is 10.9. The van der Waals surface area contributed by atoms with Crippen LogP contribution in [0, 0.1) is 0 Å². The van der Waals surface area contributed by atoms with Crippen molar-refractivity contribution in [3.8, 4) is 0 Å². The molecule has 2 N–H and O–H groups in total. The Hall–Kier alpha value is -0.630. The molecule has 0 amide bonds. The number of nitrogens with two attached hydrogens (primary N) is 1. The maximum Gasteiger partial charge on any atom is 0.0325 e. The van der Waals surface area contributed by atoms with Gasteiger partial charge in [-0.15, -0.1) is 11.8 Å².